The Balaban J connectivity index is 1.46. The molecule has 0 saturated carbocycles. The van der Waals surface area contributed by atoms with Crippen molar-refractivity contribution in [1.29, 1.82) is 0 Å². The van der Waals surface area contributed by atoms with Gasteiger partial charge in [-0.3, -0.25) is 4.90 Å². The van der Waals surface area contributed by atoms with Crippen molar-refractivity contribution in [3.05, 3.63) is 40.5 Å². The van der Waals surface area contributed by atoms with Crippen molar-refractivity contribution in [2.45, 2.75) is 38.8 Å². The first-order valence-electron chi connectivity index (χ1n) is 9.02. The van der Waals surface area contributed by atoms with Crippen LogP contribution < -0.4 is 4.74 Å². The number of nitrogens with zero attached hydrogens (tertiary/aromatic N) is 3. The quantitative estimate of drug-likeness (QED) is 0.820. The molecule has 0 amide bonds. The van der Waals surface area contributed by atoms with E-state index >= 15 is 0 Å². The summed E-state index contributed by atoms with van der Waals surface area (Å²) in [5, 5.41) is 3.33. The summed E-state index contributed by atoms with van der Waals surface area (Å²) >= 11 is 1.76. The molecule has 0 spiro atoms. The van der Waals surface area contributed by atoms with Gasteiger partial charge in [-0.2, -0.15) is 0 Å². The van der Waals surface area contributed by atoms with Gasteiger partial charge in [-0.05, 0) is 32.3 Å². The number of piperidine rings is 1. The fraction of sp³-hybridized carbons (Fsp3) is 0.579. The van der Waals surface area contributed by atoms with Crippen molar-refractivity contribution in [2.75, 3.05) is 26.3 Å². The minimum Gasteiger partial charge on any atom is -0.477 e. The molecule has 2 aliphatic heterocycles. The molecular weight excluding hydrogens is 334 g/mol. The van der Waals surface area contributed by atoms with Crippen molar-refractivity contribution in [3.8, 4) is 5.88 Å². The van der Waals surface area contributed by atoms with Gasteiger partial charge in [0.25, 0.3) is 0 Å². The number of hydrogen-bond acceptors (Lipinski definition) is 6. The highest BCUT2D eigenvalue weighted by Crippen LogP contribution is 2.41. The van der Waals surface area contributed by atoms with Crippen LogP contribution in [0.2, 0.25) is 0 Å². The number of ether oxygens (including phenoxy) is 2. The predicted molar refractivity (Wildman–Crippen MR) is 97.9 cm³/mol. The standard InChI is InChI=1S/C19H25N3O2S/c1-15-12-25-18(21-15)11-22-9-6-16-19(13-22,7-4-10-23-16)14-24-17-5-2-3-8-20-17/h2-3,5,8,12,16H,4,6-7,9-11,13-14H2,1H3/t16-,19-/m1/s1. The van der Waals surface area contributed by atoms with Gasteiger partial charge < -0.3 is 9.47 Å². The number of rotatable bonds is 5. The Morgan fingerprint density at radius 2 is 2.40 bits per heavy atom. The van der Waals surface area contributed by atoms with E-state index < -0.39 is 0 Å². The first-order valence-corrected chi connectivity index (χ1v) is 9.90. The second-order valence-corrected chi connectivity index (χ2v) is 8.11. The van der Waals surface area contributed by atoms with Crippen molar-refractivity contribution in [3.63, 3.8) is 0 Å². The highest BCUT2D eigenvalue weighted by molar-refractivity contribution is 7.09. The molecule has 5 nitrogen and oxygen atoms in total. The molecule has 2 aliphatic rings. The molecule has 2 atom stereocenters. The van der Waals surface area contributed by atoms with Gasteiger partial charge >= 0.3 is 0 Å². The van der Waals surface area contributed by atoms with Crippen LogP contribution in [0, 0.1) is 12.3 Å². The largest absolute Gasteiger partial charge is 0.477 e. The van der Waals surface area contributed by atoms with Crippen molar-refractivity contribution >= 4 is 11.3 Å². The molecule has 4 heterocycles. The molecule has 134 valence electrons. The van der Waals surface area contributed by atoms with Crippen molar-refractivity contribution < 1.29 is 9.47 Å². The fourth-order valence-electron chi connectivity index (χ4n) is 4.04. The van der Waals surface area contributed by atoms with Crippen LogP contribution in [0.15, 0.2) is 29.8 Å². The van der Waals surface area contributed by atoms with Crippen molar-refractivity contribution in [2.24, 2.45) is 5.41 Å². The Morgan fingerprint density at radius 1 is 1.44 bits per heavy atom. The van der Waals surface area contributed by atoms with Crippen LogP contribution in [0.3, 0.4) is 0 Å². The monoisotopic (exact) mass is 359 g/mol. The van der Waals surface area contributed by atoms with Crippen LogP contribution in [0.4, 0.5) is 0 Å². The summed E-state index contributed by atoms with van der Waals surface area (Å²) in [5.41, 5.74) is 1.17. The lowest BCUT2D eigenvalue weighted by molar-refractivity contribution is -0.141. The number of thiazole rings is 1. The van der Waals surface area contributed by atoms with Crippen LogP contribution in [0.5, 0.6) is 5.88 Å². The number of hydrogen-bond donors (Lipinski definition) is 0. The number of aryl methyl sites for hydroxylation is 1. The molecule has 0 aliphatic carbocycles. The Labute approximate surface area is 153 Å². The summed E-state index contributed by atoms with van der Waals surface area (Å²) < 4.78 is 12.2. The smallest absolute Gasteiger partial charge is 0.213 e. The summed E-state index contributed by atoms with van der Waals surface area (Å²) in [6.07, 6.45) is 5.39. The maximum absolute atomic E-state index is 6.14. The molecule has 0 N–H and O–H groups in total. The van der Waals surface area contributed by atoms with E-state index in [1.165, 1.54) is 5.01 Å². The first-order chi connectivity index (χ1) is 12.2. The van der Waals surface area contributed by atoms with Crippen LogP contribution in [0.1, 0.15) is 30.0 Å². The molecule has 2 aromatic rings. The average molecular weight is 359 g/mol. The van der Waals surface area contributed by atoms with Crippen molar-refractivity contribution in [1.82, 2.24) is 14.9 Å². The molecule has 0 radical (unpaired) electrons. The highest BCUT2D eigenvalue weighted by Gasteiger charge is 2.46. The number of pyridine rings is 1. The summed E-state index contributed by atoms with van der Waals surface area (Å²) in [6, 6.07) is 5.80. The van der Waals surface area contributed by atoms with E-state index in [1.807, 2.05) is 18.2 Å². The Morgan fingerprint density at radius 3 is 3.20 bits per heavy atom. The Hall–Kier alpha value is -1.50. The van der Waals surface area contributed by atoms with E-state index in [2.05, 4.69) is 27.2 Å². The van der Waals surface area contributed by atoms with E-state index in [0.717, 1.165) is 51.2 Å². The van der Waals surface area contributed by atoms with Crippen LogP contribution in [-0.2, 0) is 11.3 Å². The van der Waals surface area contributed by atoms with E-state index in [1.54, 1.807) is 17.5 Å². The van der Waals surface area contributed by atoms with E-state index in [-0.39, 0.29) is 5.41 Å². The third-order valence-electron chi connectivity index (χ3n) is 5.24. The minimum absolute atomic E-state index is 0.0559. The lowest BCUT2D eigenvalue weighted by Gasteiger charge is -2.50. The third kappa shape index (κ3) is 3.86. The normalized spacial score (nSPS) is 27.0. The summed E-state index contributed by atoms with van der Waals surface area (Å²) in [7, 11) is 0. The molecule has 0 unspecified atom stereocenters. The molecule has 2 fully saturated rings. The molecule has 0 aromatic carbocycles. The number of likely N-dealkylation sites (tertiary alicyclic amines) is 1. The van der Waals surface area contributed by atoms with Gasteiger partial charge in [0.05, 0.1) is 19.3 Å². The zero-order valence-corrected chi connectivity index (χ0v) is 15.5. The predicted octanol–water partition coefficient (Wildman–Crippen LogP) is 3.30. The van der Waals surface area contributed by atoms with Crippen LogP contribution in [0.25, 0.3) is 0 Å². The van der Waals surface area contributed by atoms with Gasteiger partial charge in [0.2, 0.25) is 5.88 Å². The van der Waals surface area contributed by atoms with Crippen LogP contribution in [-0.4, -0.2) is 47.3 Å². The highest BCUT2D eigenvalue weighted by atomic mass is 32.1. The van der Waals surface area contributed by atoms with Gasteiger partial charge in [-0.15, -0.1) is 11.3 Å². The second kappa shape index (κ2) is 7.40. The van der Waals surface area contributed by atoms with E-state index in [4.69, 9.17) is 9.47 Å². The maximum Gasteiger partial charge on any atom is 0.213 e. The molecule has 25 heavy (non-hydrogen) atoms. The first kappa shape index (κ1) is 16.9. The van der Waals surface area contributed by atoms with Crippen LogP contribution >= 0.6 is 11.3 Å². The van der Waals surface area contributed by atoms with Gasteiger partial charge in [0.1, 0.15) is 5.01 Å². The number of aromatic nitrogens is 2. The van der Waals surface area contributed by atoms with E-state index in [0.29, 0.717) is 18.6 Å². The zero-order valence-electron chi connectivity index (χ0n) is 14.7. The third-order valence-corrected chi connectivity index (χ3v) is 6.19. The lowest BCUT2D eigenvalue weighted by Crippen LogP contribution is -2.57. The summed E-state index contributed by atoms with van der Waals surface area (Å²) in [4.78, 5) is 11.5. The Bertz CT molecular complexity index is 693. The minimum atomic E-state index is 0.0559. The molecular formula is C19H25N3O2S. The molecule has 2 saturated heterocycles. The molecule has 6 heteroatoms. The fourth-order valence-corrected chi connectivity index (χ4v) is 4.86. The summed E-state index contributed by atoms with van der Waals surface area (Å²) in [5.74, 6) is 0.703. The van der Waals surface area contributed by atoms with Gasteiger partial charge in [0.15, 0.2) is 0 Å². The van der Waals surface area contributed by atoms with Gasteiger partial charge in [-0.25, -0.2) is 9.97 Å². The SMILES string of the molecule is Cc1csc(CN2CC[C@H]3OCCC[C@]3(COc3ccccn3)C2)n1. The van der Waals surface area contributed by atoms with E-state index in [9.17, 15) is 0 Å². The topological polar surface area (TPSA) is 47.5 Å². The lowest BCUT2D eigenvalue weighted by atomic mass is 9.73. The van der Waals surface area contributed by atoms with Gasteiger partial charge in [0, 0.05) is 48.4 Å². The van der Waals surface area contributed by atoms with Gasteiger partial charge in [-0.1, -0.05) is 6.07 Å². The average Bonchev–Trinajstić information content (AvgIpc) is 3.05. The zero-order chi connectivity index (χ0) is 17.1. The molecule has 4 rings (SSSR count). The number of fused-ring (bicyclic) bond motifs is 1. The Kier molecular flexibility index (Phi) is 5.01. The molecule has 0 bridgehead atoms. The summed E-state index contributed by atoms with van der Waals surface area (Å²) in [6.45, 7) is 6.60. The molecule has 2 aromatic heterocycles. The maximum atomic E-state index is 6.14. The second-order valence-electron chi connectivity index (χ2n) is 7.16.